The first-order chi connectivity index (χ1) is 17.2. The predicted molar refractivity (Wildman–Crippen MR) is 132 cm³/mol. The number of aryl methyl sites for hydroxylation is 1. The lowest BCUT2D eigenvalue weighted by Crippen LogP contribution is -2.37. The van der Waals surface area contributed by atoms with Crippen LogP contribution in [0.4, 0.5) is 18.9 Å². The van der Waals surface area contributed by atoms with E-state index in [9.17, 15) is 23.1 Å². The van der Waals surface area contributed by atoms with Crippen molar-refractivity contribution >= 4 is 28.6 Å². The lowest BCUT2D eigenvalue weighted by atomic mass is 9.90. The average molecular weight is 515 g/mol. The van der Waals surface area contributed by atoms with Gasteiger partial charge in [-0.25, -0.2) is 9.37 Å². The highest BCUT2D eigenvalue weighted by Crippen LogP contribution is 2.42. The van der Waals surface area contributed by atoms with Crippen LogP contribution in [-0.4, -0.2) is 51.4 Å². The molecule has 10 heteroatoms. The average Bonchev–Trinajstić information content (AvgIpc) is 2.81. The number of hydrogen-bond donors (Lipinski definition) is 1. The Bertz CT molecular complexity index is 1530. The Morgan fingerprint density at radius 2 is 1.62 bits per heavy atom. The monoisotopic (exact) mass is 514 g/mol. The molecule has 0 aromatic heterocycles. The van der Waals surface area contributed by atoms with Crippen LogP contribution in [0.5, 0.6) is 0 Å². The van der Waals surface area contributed by atoms with Gasteiger partial charge in [0.25, 0.3) is 0 Å². The molecule has 2 aliphatic rings. The number of halogens is 3. The quantitative estimate of drug-likeness (QED) is 0.332. The summed E-state index contributed by atoms with van der Waals surface area (Å²) >= 11 is 0. The summed E-state index contributed by atoms with van der Waals surface area (Å²) in [6.45, 7) is 2.06. The van der Waals surface area contributed by atoms with Crippen LogP contribution < -0.4 is 19.9 Å². The Morgan fingerprint density at radius 1 is 1.00 bits per heavy atom. The number of alkyl halides is 3. The van der Waals surface area contributed by atoms with Crippen molar-refractivity contribution in [2.45, 2.75) is 13.1 Å². The fourth-order valence-corrected chi connectivity index (χ4v) is 3.96. The molecule has 0 amide bonds. The maximum atomic E-state index is 12.0. The third-order valence-corrected chi connectivity index (χ3v) is 5.68. The summed E-state index contributed by atoms with van der Waals surface area (Å²) in [5.74, 6) is -3.23. The van der Waals surface area contributed by atoms with E-state index in [2.05, 4.69) is 17.6 Å². The number of nitrogens with zero attached hydrogens (tertiary/aromatic N) is 2. The second kappa shape index (κ2) is 10.3. The van der Waals surface area contributed by atoms with Crippen molar-refractivity contribution in [3.05, 3.63) is 71.1 Å². The molecule has 0 saturated carbocycles. The summed E-state index contributed by atoms with van der Waals surface area (Å²) < 4.78 is 39.9. The number of anilines is 1. The van der Waals surface area contributed by atoms with E-state index in [4.69, 9.17) is 14.3 Å². The van der Waals surface area contributed by atoms with Crippen LogP contribution in [0.1, 0.15) is 15.9 Å². The highest BCUT2D eigenvalue weighted by Gasteiger charge is 2.29. The Morgan fingerprint density at radius 3 is 2.16 bits per heavy atom. The number of aromatic carboxylic acids is 1. The van der Waals surface area contributed by atoms with E-state index >= 15 is 0 Å². The maximum absolute atomic E-state index is 12.0. The summed E-state index contributed by atoms with van der Waals surface area (Å²) in [6, 6.07) is 17.3. The zero-order chi connectivity index (χ0) is 27.7. The van der Waals surface area contributed by atoms with Gasteiger partial charge in [-0.2, -0.15) is 13.2 Å². The van der Waals surface area contributed by atoms with Gasteiger partial charge in [0.05, 0.1) is 11.6 Å². The Labute approximate surface area is 210 Å². The lowest BCUT2D eigenvalue weighted by Gasteiger charge is -2.19. The van der Waals surface area contributed by atoms with Gasteiger partial charge in [0.1, 0.15) is 31.4 Å². The number of carbonyl (C=O) groups is 2. The maximum Gasteiger partial charge on any atom is 0.430 e. The van der Waals surface area contributed by atoms with Gasteiger partial charge in [0.15, 0.2) is 0 Å². The van der Waals surface area contributed by atoms with E-state index in [1.807, 2.05) is 69.5 Å². The van der Waals surface area contributed by atoms with Crippen LogP contribution in [0.3, 0.4) is 0 Å². The molecular formula is C27H25F3N2O5. The summed E-state index contributed by atoms with van der Waals surface area (Å²) in [7, 11) is 7.97. The zero-order valence-corrected chi connectivity index (χ0v) is 20.8. The van der Waals surface area contributed by atoms with Crippen molar-refractivity contribution in [2.75, 3.05) is 33.1 Å². The van der Waals surface area contributed by atoms with Gasteiger partial charge in [0.2, 0.25) is 5.36 Å². The Kier molecular flexibility index (Phi) is 7.61. The number of aliphatic carboxylic acids is 1. The highest BCUT2D eigenvalue weighted by molar-refractivity contribution is 6.07. The molecule has 0 radical (unpaired) electrons. The molecule has 7 nitrogen and oxygen atoms in total. The molecule has 1 N–H and O–H groups in total. The van der Waals surface area contributed by atoms with Crippen molar-refractivity contribution in [1.29, 1.82) is 0 Å². The summed E-state index contributed by atoms with van der Waals surface area (Å²) in [6.07, 6.45) is -5.19. The van der Waals surface area contributed by atoms with Gasteiger partial charge in [0, 0.05) is 47.9 Å². The molecule has 1 aliphatic carbocycles. The van der Waals surface area contributed by atoms with E-state index in [1.54, 1.807) is 12.1 Å². The van der Waals surface area contributed by atoms with Crippen LogP contribution in [0.25, 0.3) is 33.4 Å². The molecule has 1 heterocycles. The van der Waals surface area contributed by atoms with Gasteiger partial charge in [-0.15, -0.1) is 0 Å². The van der Waals surface area contributed by atoms with Crippen LogP contribution in [0.15, 0.2) is 59.0 Å². The molecule has 0 atom stereocenters. The minimum absolute atomic E-state index is 0.275. The molecule has 1 aliphatic heterocycles. The van der Waals surface area contributed by atoms with Gasteiger partial charge in [-0.1, -0.05) is 18.2 Å². The van der Waals surface area contributed by atoms with Crippen molar-refractivity contribution in [3.8, 4) is 22.5 Å². The fraction of sp³-hybridized carbons (Fsp3) is 0.222. The SMILES string of the molecule is Cc1cc2c(-c3ccccc3C(=O)O)c3ccc(N(C)C)cc3oc-2cc1=[N+](C)C.O=C([O-])C(F)(F)F. The number of rotatable bonds is 3. The number of carboxylic acids is 2. The normalized spacial score (nSPS) is 11.1. The number of hydrogen-bond acceptors (Lipinski definition) is 5. The molecule has 37 heavy (non-hydrogen) atoms. The van der Waals surface area contributed by atoms with Gasteiger partial charge < -0.3 is 24.3 Å². The van der Waals surface area contributed by atoms with Gasteiger partial charge in [-0.3, -0.25) is 0 Å². The predicted octanol–water partition coefficient (Wildman–Crippen LogP) is 3.61. The van der Waals surface area contributed by atoms with E-state index in [0.29, 0.717) is 5.56 Å². The van der Waals surface area contributed by atoms with Crippen LogP contribution in [0.2, 0.25) is 0 Å². The van der Waals surface area contributed by atoms with E-state index < -0.39 is 18.1 Å². The van der Waals surface area contributed by atoms with Crippen molar-refractivity contribution in [2.24, 2.45) is 0 Å². The number of fused-ring (bicyclic) bond motifs is 2. The third kappa shape index (κ3) is 5.74. The smallest absolute Gasteiger partial charge is 0.430 e. The Balaban J connectivity index is 0.000000479. The fourth-order valence-electron chi connectivity index (χ4n) is 3.96. The molecule has 2 aromatic carbocycles. The second-order valence-electron chi connectivity index (χ2n) is 8.72. The number of carboxylic acid groups (broad SMARTS) is 2. The summed E-state index contributed by atoms with van der Waals surface area (Å²) in [5, 5.41) is 20.6. The zero-order valence-electron chi connectivity index (χ0n) is 20.8. The molecule has 0 bridgehead atoms. The standard InChI is InChI=1S/C25H24N2O3.C2HF3O2/c1-15-12-20-23(14-21(15)27(4)5)30-22-13-16(26(2)3)10-11-19(22)24(20)17-8-6-7-9-18(17)25(28)29;3-2(4,5)1(6)7/h6-14H,1-5H3;(H,6,7). The summed E-state index contributed by atoms with van der Waals surface area (Å²) in [5.41, 5.74) is 5.57. The van der Waals surface area contributed by atoms with E-state index in [-0.39, 0.29) is 5.56 Å². The number of carbonyl (C=O) groups excluding carboxylic acids is 1. The largest absolute Gasteiger partial charge is 0.542 e. The molecular weight excluding hydrogens is 489 g/mol. The first kappa shape index (κ1) is 27.3. The molecule has 0 unspecified atom stereocenters. The molecule has 0 fully saturated rings. The minimum Gasteiger partial charge on any atom is -0.542 e. The van der Waals surface area contributed by atoms with Crippen molar-refractivity contribution in [1.82, 2.24) is 4.58 Å². The van der Waals surface area contributed by atoms with Gasteiger partial charge >= 0.3 is 12.1 Å². The molecule has 194 valence electrons. The number of benzene rings is 3. The lowest BCUT2D eigenvalue weighted by molar-refractivity contribution is -0.344. The topological polar surface area (TPSA) is 96.8 Å². The molecule has 0 spiro atoms. The molecule has 2 aromatic rings. The first-order valence-corrected chi connectivity index (χ1v) is 11.0. The first-order valence-electron chi connectivity index (χ1n) is 11.0. The highest BCUT2D eigenvalue weighted by atomic mass is 19.4. The van der Waals surface area contributed by atoms with E-state index in [0.717, 1.165) is 44.5 Å². The van der Waals surface area contributed by atoms with Crippen molar-refractivity contribution in [3.63, 3.8) is 0 Å². The van der Waals surface area contributed by atoms with Crippen molar-refractivity contribution < 1.29 is 37.4 Å². The third-order valence-electron chi connectivity index (χ3n) is 5.68. The molecule has 0 saturated heterocycles. The van der Waals surface area contributed by atoms with Gasteiger partial charge in [-0.05, 0) is 36.8 Å². The second-order valence-corrected chi connectivity index (χ2v) is 8.72. The van der Waals surface area contributed by atoms with E-state index in [1.165, 1.54) is 0 Å². The van der Waals surface area contributed by atoms with Crippen LogP contribution in [0, 0.1) is 6.92 Å². The van der Waals surface area contributed by atoms with Crippen LogP contribution in [-0.2, 0) is 4.79 Å². The molecule has 4 rings (SSSR count). The summed E-state index contributed by atoms with van der Waals surface area (Å²) in [4.78, 5) is 22.8. The minimum atomic E-state index is -5.19. The Hall–Kier alpha value is -4.34. The van der Waals surface area contributed by atoms with Crippen LogP contribution >= 0.6 is 0 Å².